The molecule has 0 aromatic carbocycles. The number of hydrogen-bond acceptors (Lipinski definition) is 2. The van der Waals surface area contributed by atoms with Gasteiger partial charge < -0.3 is 8.85 Å². The summed E-state index contributed by atoms with van der Waals surface area (Å²) in [7, 11) is -2.09. The van der Waals surface area contributed by atoms with Gasteiger partial charge in [0.1, 0.15) is 0 Å². The highest BCUT2D eigenvalue weighted by Crippen LogP contribution is 2.50. The normalized spacial score (nSPS) is 24.5. The van der Waals surface area contributed by atoms with Gasteiger partial charge in [-0.05, 0) is 37.5 Å². The predicted octanol–water partition coefficient (Wildman–Crippen LogP) is 6.20. The quantitative estimate of drug-likeness (QED) is 0.519. The van der Waals surface area contributed by atoms with Crippen molar-refractivity contribution in [1.82, 2.24) is 0 Å². The maximum atomic E-state index is 6.84. The van der Waals surface area contributed by atoms with Crippen LogP contribution in [0.15, 0.2) is 0 Å². The number of rotatable bonds is 7. The summed E-state index contributed by atoms with van der Waals surface area (Å²) in [6.07, 6.45) is 13.5. The monoisotopic (exact) mass is 326 g/mol. The Labute approximate surface area is 139 Å². The van der Waals surface area contributed by atoms with E-state index in [4.69, 9.17) is 8.85 Å². The van der Waals surface area contributed by atoms with Crippen LogP contribution in [0.1, 0.15) is 91.9 Å². The third-order valence-corrected chi connectivity index (χ3v) is 10.0. The van der Waals surface area contributed by atoms with Gasteiger partial charge in [0.25, 0.3) is 0 Å². The largest absolute Gasteiger partial charge is 0.394 e. The number of hydrogen-bond donors (Lipinski definition) is 0. The molecular weight excluding hydrogens is 288 g/mol. The van der Waals surface area contributed by atoms with Gasteiger partial charge in [-0.2, -0.15) is 0 Å². The van der Waals surface area contributed by atoms with Crippen molar-refractivity contribution >= 4 is 8.56 Å². The van der Waals surface area contributed by atoms with Gasteiger partial charge in [0.15, 0.2) is 0 Å². The second-order valence-electron chi connectivity index (χ2n) is 8.74. The zero-order valence-corrected chi connectivity index (χ0v) is 16.5. The van der Waals surface area contributed by atoms with Crippen molar-refractivity contribution in [3.8, 4) is 0 Å². The zero-order valence-electron chi connectivity index (χ0n) is 15.5. The molecule has 0 bridgehead atoms. The van der Waals surface area contributed by atoms with E-state index in [1.54, 1.807) is 0 Å². The lowest BCUT2D eigenvalue weighted by molar-refractivity contribution is 0.1000. The van der Waals surface area contributed by atoms with E-state index in [0.717, 1.165) is 30.7 Å². The SMILES string of the molecule is CCCO[Si](OCC(C)(C)C)(C1CCCCC1)C1CCCC1. The van der Waals surface area contributed by atoms with Crippen molar-refractivity contribution in [3.63, 3.8) is 0 Å². The van der Waals surface area contributed by atoms with Crippen molar-refractivity contribution in [2.45, 2.75) is 103 Å². The van der Waals surface area contributed by atoms with Gasteiger partial charge in [0, 0.05) is 24.3 Å². The van der Waals surface area contributed by atoms with Gasteiger partial charge in [0.2, 0.25) is 0 Å². The third-order valence-electron chi connectivity index (χ3n) is 5.36. The first-order valence-electron chi connectivity index (χ1n) is 9.76. The van der Waals surface area contributed by atoms with E-state index in [9.17, 15) is 0 Å². The van der Waals surface area contributed by atoms with E-state index in [-0.39, 0.29) is 5.41 Å². The van der Waals surface area contributed by atoms with Crippen LogP contribution in [0.3, 0.4) is 0 Å². The predicted molar refractivity (Wildman–Crippen MR) is 96.5 cm³/mol. The van der Waals surface area contributed by atoms with Gasteiger partial charge >= 0.3 is 8.56 Å². The Morgan fingerprint density at radius 1 is 0.818 bits per heavy atom. The van der Waals surface area contributed by atoms with Gasteiger partial charge in [-0.3, -0.25) is 0 Å². The van der Waals surface area contributed by atoms with E-state index in [1.807, 2.05) is 0 Å². The van der Waals surface area contributed by atoms with E-state index in [0.29, 0.717) is 0 Å². The Kier molecular flexibility index (Phi) is 6.97. The molecule has 0 amide bonds. The lowest BCUT2D eigenvalue weighted by atomic mass is 9.99. The minimum atomic E-state index is -2.09. The van der Waals surface area contributed by atoms with E-state index in [1.165, 1.54) is 57.8 Å². The van der Waals surface area contributed by atoms with Crippen molar-refractivity contribution in [3.05, 3.63) is 0 Å². The van der Waals surface area contributed by atoms with Gasteiger partial charge in [-0.15, -0.1) is 0 Å². The molecule has 3 heteroatoms. The summed E-state index contributed by atoms with van der Waals surface area (Å²) in [5.74, 6) is 0. The first kappa shape index (κ1) is 18.5. The molecule has 2 saturated carbocycles. The van der Waals surface area contributed by atoms with Crippen LogP contribution >= 0.6 is 0 Å². The summed E-state index contributed by atoms with van der Waals surface area (Å²) in [5, 5.41) is 0. The van der Waals surface area contributed by atoms with Crippen molar-refractivity contribution < 1.29 is 8.85 Å². The molecule has 0 N–H and O–H groups in total. The Balaban J connectivity index is 2.19. The highest BCUT2D eigenvalue weighted by Gasteiger charge is 2.53. The second-order valence-corrected chi connectivity index (χ2v) is 12.4. The Bertz CT molecular complexity index is 314. The standard InChI is InChI=1S/C19H38O2Si/c1-5-15-20-22(18-13-9-10-14-18,21-16-19(2,3)4)17-11-7-6-8-12-17/h17-18H,5-16H2,1-4H3. The molecule has 0 aromatic rings. The van der Waals surface area contributed by atoms with E-state index >= 15 is 0 Å². The maximum absolute atomic E-state index is 6.84. The topological polar surface area (TPSA) is 18.5 Å². The highest BCUT2D eigenvalue weighted by atomic mass is 28.4. The maximum Gasteiger partial charge on any atom is 0.344 e. The van der Waals surface area contributed by atoms with Crippen LogP contribution in [0.25, 0.3) is 0 Å². The third kappa shape index (κ3) is 4.81. The molecular formula is C19H38O2Si. The molecule has 22 heavy (non-hydrogen) atoms. The fourth-order valence-corrected chi connectivity index (χ4v) is 9.57. The molecule has 0 spiro atoms. The molecule has 1 unspecified atom stereocenters. The van der Waals surface area contributed by atoms with Crippen molar-refractivity contribution in [2.24, 2.45) is 5.41 Å². The fourth-order valence-electron chi connectivity index (χ4n) is 4.27. The second kappa shape index (κ2) is 8.30. The summed E-state index contributed by atoms with van der Waals surface area (Å²) < 4.78 is 13.6. The van der Waals surface area contributed by atoms with E-state index < -0.39 is 8.56 Å². The van der Waals surface area contributed by atoms with Crippen LogP contribution in [0.2, 0.25) is 11.1 Å². The van der Waals surface area contributed by atoms with Crippen LogP contribution in [-0.4, -0.2) is 21.8 Å². The molecule has 1 atom stereocenters. The van der Waals surface area contributed by atoms with Crippen molar-refractivity contribution in [2.75, 3.05) is 13.2 Å². The van der Waals surface area contributed by atoms with Gasteiger partial charge in [-0.25, -0.2) is 0 Å². The van der Waals surface area contributed by atoms with Gasteiger partial charge in [-0.1, -0.05) is 59.8 Å². The van der Waals surface area contributed by atoms with Crippen LogP contribution in [-0.2, 0) is 8.85 Å². The smallest absolute Gasteiger partial charge is 0.344 e. The summed E-state index contributed by atoms with van der Waals surface area (Å²) >= 11 is 0. The molecule has 2 aliphatic rings. The molecule has 0 aromatic heterocycles. The summed E-state index contributed by atoms with van der Waals surface area (Å²) in [6, 6.07) is 0. The Hall–Kier alpha value is 0.137. The lowest BCUT2D eigenvalue weighted by Gasteiger charge is -2.44. The summed E-state index contributed by atoms with van der Waals surface area (Å²) in [6.45, 7) is 10.9. The average Bonchev–Trinajstić information content (AvgIpc) is 3.02. The highest BCUT2D eigenvalue weighted by molar-refractivity contribution is 6.70. The molecule has 0 radical (unpaired) electrons. The van der Waals surface area contributed by atoms with Crippen molar-refractivity contribution in [1.29, 1.82) is 0 Å². The minimum absolute atomic E-state index is 0.237. The molecule has 0 heterocycles. The van der Waals surface area contributed by atoms with Gasteiger partial charge in [0.05, 0.1) is 0 Å². The Morgan fingerprint density at radius 2 is 1.32 bits per heavy atom. The molecule has 2 fully saturated rings. The molecule has 0 saturated heterocycles. The molecule has 2 nitrogen and oxygen atoms in total. The average molecular weight is 327 g/mol. The molecule has 0 aliphatic heterocycles. The lowest BCUT2D eigenvalue weighted by Crippen LogP contribution is -2.52. The Morgan fingerprint density at radius 3 is 1.77 bits per heavy atom. The first-order chi connectivity index (χ1) is 10.5. The molecule has 2 rings (SSSR count). The first-order valence-corrected chi connectivity index (χ1v) is 11.7. The van der Waals surface area contributed by atoms with Crippen LogP contribution in [0.5, 0.6) is 0 Å². The molecule has 130 valence electrons. The van der Waals surface area contributed by atoms with E-state index in [2.05, 4.69) is 27.7 Å². The molecule has 2 aliphatic carbocycles. The van der Waals surface area contributed by atoms with Crippen LogP contribution in [0, 0.1) is 5.41 Å². The zero-order chi connectivity index (χ0) is 16.1. The summed E-state index contributed by atoms with van der Waals surface area (Å²) in [4.78, 5) is 0. The minimum Gasteiger partial charge on any atom is -0.394 e. The van der Waals surface area contributed by atoms with Crippen LogP contribution < -0.4 is 0 Å². The van der Waals surface area contributed by atoms with Crippen LogP contribution in [0.4, 0.5) is 0 Å². The summed E-state index contributed by atoms with van der Waals surface area (Å²) in [5.41, 5.74) is 1.74. The fraction of sp³-hybridized carbons (Fsp3) is 1.00.